The third kappa shape index (κ3) is 2.06. The van der Waals surface area contributed by atoms with E-state index in [2.05, 4.69) is 6.92 Å². The van der Waals surface area contributed by atoms with E-state index in [1.807, 2.05) is 18.2 Å². The summed E-state index contributed by atoms with van der Waals surface area (Å²) in [6.45, 7) is 2.12. The Morgan fingerprint density at radius 2 is 2.07 bits per heavy atom. The maximum atomic E-state index is 8.96. The van der Waals surface area contributed by atoms with Gasteiger partial charge in [0.2, 0.25) is 0 Å². The van der Waals surface area contributed by atoms with E-state index in [0.29, 0.717) is 5.58 Å². The molecule has 0 spiro atoms. The van der Waals surface area contributed by atoms with Crippen LogP contribution >= 0.6 is 0 Å². The summed E-state index contributed by atoms with van der Waals surface area (Å²) < 4.78 is 5.32. The van der Waals surface area contributed by atoms with E-state index in [9.17, 15) is 0 Å². The highest BCUT2D eigenvalue weighted by Gasteiger charge is 2.16. The lowest BCUT2D eigenvalue weighted by molar-refractivity contribution is 0.412. The molecule has 4 heteroatoms. The van der Waals surface area contributed by atoms with Crippen LogP contribution in [0.3, 0.4) is 0 Å². The van der Waals surface area contributed by atoms with Crippen LogP contribution in [0.15, 0.2) is 28.7 Å². The number of rotatable bonds is 3. The zero-order valence-electron chi connectivity index (χ0n) is 8.60. The second-order valence-corrected chi connectivity index (χ2v) is 3.64. The molecule has 2 rings (SSSR count). The van der Waals surface area contributed by atoms with Crippen molar-refractivity contribution in [2.24, 2.45) is 0 Å². The molecule has 1 aromatic heterocycles. The highest BCUT2D eigenvalue weighted by molar-refractivity contribution is 6.57. The zero-order chi connectivity index (χ0) is 10.8. The fourth-order valence-electron chi connectivity index (χ4n) is 1.67. The molecule has 0 bridgehead atoms. The number of aryl methyl sites for hydroxylation is 1. The molecule has 0 fully saturated rings. The largest absolute Gasteiger partial charge is 0.526 e. The van der Waals surface area contributed by atoms with E-state index in [1.54, 1.807) is 6.07 Å². The second-order valence-electron chi connectivity index (χ2n) is 3.64. The van der Waals surface area contributed by atoms with Gasteiger partial charge in [0.05, 0.1) is 0 Å². The van der Waals surface area contributed by atoms with E-state index in [-0.39, 0.29) is 5.66 Å². The monoisotopic (exact) mass is 204 g/mol. The van der Waals surface area contributed by atoms with Crippen LogP contribution in [-0.2, 0) is 6.42 Å². The van der Waals surface area contributed by atoms with Gasteiger partial charge in [-0.25, -0.2) is 0 Å². The van der Waals surface area contributed by atoms with E-state index in [1.165, 1.54) is 5.56 Å². The van der Waals surface area contributed by atoms with E-state index in [0.717, 1.165) is 18.2 Å². The van der Waals surface area contributed by atoms with Crippen LogP contribution in [0.4, 0.5) is 0 Å². The van der Waals surface area contributed by atoms with Crippen LogP contribution in [0.5, 0.6) is 0 Å². The summed E-state index contributed by atoms with van der Waals surface area (Å²) in [4.78, 5) is 0. The molecular weight excluding hydrogens is 191 g/mol. The van der Waals surface area contributed by atoms with Crippen molar-refractivity contribution < 1.29 is 14.5 Å². The minimum absolute atomic E-state index is 0.193. The molecule has 0 aliphatic rings. The molecule has 1 aromatic carbocycles. The lowest BCUT2D eigenvalue weighted by Crippen LogP contribution is -2.27. The van der Waals surface area contributed by atoms with Gasteiger partial charge in [0.1, 0.15) is 11.2 Å². The van der Waals surface area contributed by atoms with Crippen LogP contribution in [0, 0.1) is 0 Å². The van der Waals surface area contributed by atoms with E-state index >= 15 is 0 Å². The molecule has 2 N–H and O–H groups in total. The fourth-order valence-corrected chi connectivity index (χ4v) is 1.67. The van der Waals surface area contributed by atoms with E-state index < -0.39 is 7.12 Å². The van der Waals surface area contributed by atoms with Gasteiger partial charge >= 0.3 is 7.12 Å². The Morgan fingerprint density at radius 3 is 2.73 bits per heavy atom. The number of furan rings is 1. The van der Waals surface area contributed by atoms with Crippen molar-refractivity contribution in [1.29, 1.82) is 0 Å². The van der Waals surface area contributed by atoms with Crippen molar-refractivity contribution in [1.82, 2.24) is 0 Å². The molecule has 0 saturated carbocycles. The van der Waals surface area contributed by atoms with Crippen molar-refractivity contribution in [3.8, 4) is 0 Å². The van der Waals surface area contributed by atoms with Gasteiger partial charge in [-0.05, 0) is 24.1 Å². The van der Waals surface area contributed by atoms with Gasteiger partial charge in [0.15, 0.2) is 0 Å². The second kappa shape index (κ2) is 4.09. The summed E-state index contributed by atoms with van der Waals surface area (Å²) in [7, 11) is -1.54. The summed E-state index contributed by atoms with van der Waals surface area (Å²) >= 11 is 0. The minimum Gasteiger partial charge on any atom is -0.465 e. The van der Waals surface area contributed by atoms with Gasteiger partial charge in [0.25, 0.3) is 0 Å². The van der Waals surface area contributed by atoms with Crippen LogP contribution in [0.1, 0.15) is 18.9 Å². The molecule has 3 nitrogen and oxygen atoms in total. The number of hydrogen-bond acceptors (Lipinski definition) is 3. The van der Waals surface area contributed by atoms with Crippen LogP contribution < -0.4 is 5.66 Å². The van der Waals surface area contributed by atoms with Crippen LogP contribution in [0.2, 0.25) is 0 Å². The molecule has 0 amide bonds. The molecule has 0 aliphatic heterocycles. The Bertz CT molecular complexity index is 462. The van der Waals surface area contributed by atoms with Gasteiger partial charge in [0, 0.05) is 5.39 Å². The molecule has 78 valence electrons. The predicted molar refractivity (Wildman–Crippen MR) is 60.0 cm³/mol. The quantitative estimate of drug-likeness (QED) is 0.735. The van der Waals surface area contributed by atoms with Gasteiger partial charge < -0.3 is 14.5 Å². The Hall–Kier alpha value is -1.26. The Kier molecular flexibility index (Phi) is 2.80. The third-order valence-corrected chi connectivity index (χ3v) is 2.40. The molecular formula is C11H13BO3. The fraction of sp³-hybridized carbons (Fsp3) is 0.273. The van der Waals surface area contributed by atoms with Crippen molar-refractivity contribution in [2.45, 2.75) is 19.8 Å². The number of fused-ring (bicyclic) bond motifs is 1. The van der Waals surface area contributed by atoms with Crippen LogP contribution in [0.25, 0.3) is 11.0 Å². The Morgan fingerprint density at radius 1 is 1.27 bits per heavy atom. The van der Waals surface area contributed by atoms with Gasteiger partial charge in [-0.1, -0.05) is 25.5 Å². The number of hydrogen-bond donors (Lipinski definition) is 2. The highest BCUT2D eigenvalue weighted by atomic mass is 16.4. The summed E-state index contributed by atoms with van der Waals surface area (Å²) in [6, 6.07) is 7.57. The molecule has 0 unspecified atom stereocenters. The van der Waals surface area contributed by atoms with Gasteiger partial charge in [-0.3, -0.25) is 0 Å². The smallest absolute Gasteiger partial charge is 0.465 e. The first kappa shape index (κ1) is 10.3. The molecule has 1 heterocycles. The topological polar surface area (TPSA) is 53.6 Å². The van der Waals surface area contributed by atoms with Crippen molar-refractivity contribution in [3.05, 3.63) is 29.8 Å². The summed E-state index contributed by atoms with van der Waals surface area (Å²) in [6.07, 6.45) is 2.09. The van der Waals surface area contributed by atoms with E-state index in [4.69, 9.17) is 14.5 Å². The highest BCUT2D eigenvalue weighted by Crippen LogP contribution is 2.17. The maximum absolute atomic E-state index is 8.96. The van der Waals surface area contributed by atoms with Crippen molar-refractivity contribution >= 4 is 23.7 Å². The lowest BCUT2D eigenvalue weighted by atomic mass is 9.88. The Balaban J connectivity index is 2.43. The maximum Gasteiger partial charge on any atom is 0.526 e. The molecule has 0 saturated heterocycles. The SMILES string of the molecule is CCCc1ccc2cc(B(O)O)oc2c1. The average Bonchev–Trinajstić information content (AvgIpc) is 2.61. The Labute approximate surface area is 88.5 Å². The first-order valence-corrected chi connectivity index (χ1v) is 5.09. The molecule has 0 aliphatic carbocycles. The normalized spacial score (nSPS) is 10.9. The first-order valence-electron chi connectivity index (χ1n) is 5.09. The van der Waals surface area contributed by atoms with Crippen LogP contribution in [-0.4, -0.2) is 17.2 Å². The summed E-state index contributed by atoms with van der Waals surface area (Å²) in [5.74, 6) is 0. The lowest BCUT2D eigenvalue weighted by Gasteiger charge is -1.96. The van der Waals surface area contributed by atoms with Crippen molar-refractivity contribution in [2.75, 3.05) is 0 Å². The first-order chi connectivity index (χ1) is 7.20. The standard InChI is InChI=1S/C11H13BO3/c1-2-3-8-4-5-9-7-11(12(13)14)15-10(9)6-8/h4-7,13-14H,2-3H2,1H3. The van der Waals surface area contributed by atoms with Gasteiger partial charge in [-0.2, -0.15) is 0 Å². The summed E-state index contributed by atoms with van der Waals surface area (Å²) in [5, 5.41) is 18.8. The molecule has 0 atom stereocenters. The average molecular weight is 204 g/mol. The van der Waals surface area contributed by atoms with Gasteiger partial charge in [-0.15, -0.1) is 0 Å². The molecule has 15 heavy (non-hydrogen) atoms. The number of benzene rings is 1. The van der Waals surface area contributed by atoms with Crippen molar-refractivity contribution in [3.63, 3.8) is 0 Å². The minimum atomic E-state index is -1.54. The third-order valence-electron chi connectivity index (χ3n) is 2.40. The zero-order valence-corrected chi connectivity index (χ0v) is 8.60. The predicted octanol–water partition coefficient (Wildman–Crippen LogP) is 1.07. The molecule has 2 aromatic rings. The molecule has 0 radical (unpaired) electrons. The summed E-state index contributed by atoms with van der Waals surface area (Å²) in [5.41, 5.74) is 2.11.